The van der Waals surface area contributed by atoms with Crippen LogP contribution in [0, 0.1) is 28.6 Å². The quantitative estimate of drug-likeness (QED) is 0.238. The van der Waals surface area contributed by atoms with Crippen molar-refractivity contribution in [2.75, 3.05) is 0 Å². The molecule has 238 valence electrons. The number of esters is 1. The summed E-state index contributed by atoms with van der Waals surface area (Å²) in [6.07, 6.45) is 15.7. The maximum atomic E-state index is 13.1. The van der Waals surface area contributed by atoms with Crippen LogP contribution in [0.25, 0.3) is 5.57 Å². The number of amides is 1. The Labute approximate surface area is 266 Å². The highest BCUT2D eigenvalue weighted by Gasteiger charge is 2.57. The van der Waals surface area contributed by atoms with E-state index in [1.165, 1.54) is 41.4 Å². The molecule has 0 radical (unpaired) electrons. The standard InChI is InChI=1S/C38H46N2O5/c1-25(36(43)44)40(24-26-8-5-4-6-9-26)34(41)15-16-35(42)45-29-17-19-37(2)28(22-29)11-12-30-32-14-13-31(27-10-7-21-39-23-27)38(32,3)20-18-33(30)37/h4-11,13,21,23,25,29-30,32-33H,12,14-20,22,24H2,1-3H3,(H,43,44)/t25?,29-,30-,32?,33-,37-,38+/m0/s1. The van der Waals surface area contributed by atoms with Gasteiger partial charge in [-0.3, -0.25) is 14.6 Å². The van der Waals surface area contributed by atoms with Gasteiger partial charge in [0.2, 0.25) is 5.91 Å². The van der Waals surface area contributed by atoms with Crippen molar-refractivity contribution in [1.29, 1.82) is 0 Å². The molecule has 4 aliphatic carbocycles. The van der Waals surface area contributed by atoms with Crippen LogP contribution in [-0.4, -0.2) is 45.0 Å². The normalized spacial score (nSPS) is 30.9. The number of aliphatic carboxylic acids is 1. The monoisotopic (exact) mass is 610 g/mol. The Hall–Kier alpha value is -3.74. The van der Waals surface area contributed by atoms with E-state index in [0.29, 0.717) is 17.8 Å². The zero-order valence-corrected chi connectivity index (χ0v) is 26.8. The van der Waals surface area contributed by atoms with E-state index in [2.05, 4.69) is 37.0 Å². The smallest absolute Gasteiger partial charge is 0.326 e. The number of pyridine rings is 1. The minimum atomic E-state index is -1.07. The molecule has 1 heterocycles. The molecule has 7 atom stereocenters. The molecule has 2 unspecified atom stereocenters. The second-order valence-corrected chi connectivity index (χ2v) is 14.2. The Bertz CT molecular complexity index is 1490. The second-order valence-electron chi connectivity index (χ2n) is 14.2. The summed E-state index contributed by atoms with van der Waals surface area (Å²) in [6, 6.07) is 12.6. The molecule has 4 aliphatic rings. The molecular weight excluding hydrogens is 564 g/mol. The molecule has 7 nitrogen and oxygen atoms in total. The third-order valence-corrected chi connectivity index (χ3v) is 11.8. The van der Waals surface area contributed by atoms with E-state index in [1.807, 2.05) is 48.8 Å². The number of carbonyl (C=O) groups is 3. The van der Waals surface area contributed by atoms with E-state index in [4.69, 9.17) is 4.74 Å². The number of rotatable bonds is 9. The van der Waals surface area contributed by atoms with Crippen LogP contribution in [-0.2, 0) is 25.7 Å². The number of aromatic nitrogens is 1. The van der Waals surface area contributed by atoms with Crippen LogP contribution in [0.5, 0.6) is 0 Å². The summed E-state index contributed by atoms with van der Waals surface area (Å²) < 4.78 is 5.95. The minimum absolute atomic E-state index is 0.0551. The van der Waals surface area contributed by atoms with Crippen LogP contribution in [0.2, 0.25) is 0 Å². The molecule has 0 aliphatic heterocycles. The van der Waals surface area contributed by atoms with E-state index in [9.17, 15) is 19.5 Å². The van der Waals surface area contributed by atoms with Gasteiger partial charge in [0, 0.05) is 31.8 Å². The van der Waals surface area contributed by atoms with E-state index in [-0.39, 0.29) is 48.2 Å². The van der Waals surface area contributed by atoms with Gasteiger partial charge in [0.05, 0.1) is 6.42 Å². The lowest BCUT2D eigenvalue weighted by Crippen LogP contribution is -2.50. The highest BCUT2D eigenvalue weighted by atomic mass is 16.5. The van der Waals surface area contributed by atoms with Crippen LogP contribution in [0.15, 0.2) is 72.6 Å². The van der Waals surface area contributed by atoms with Crippen LogP contribution in [0.3, 0.4) is 0 Å². The van der Waals surface area contributed by atoms with E-state index in [0.717, 1.165) is 37.7 Å². The average Bonchev–Trinajstić information content (AvgIpc) is 3.40. The molecule has 0 bridgehead atoms. The van der Waals surface area contributed by atoms with Gasteiger partial charge < -0.3 is 14.7 Å². The summed E-state index contributed by atoms with van der Waals surface area (Å²) in [7, 11) is 0. The van der Waals surface area contributed by atoms with Crippen molar-refractivity contribution in [1.82, 2.24) is 9.88 Å². The molecule has 0 saturated heterocycles. The average molecular weight is 611 g/mol. The summed E-state index contributed by atoms with van der Waals surface area (Å²) in [5.41, 5.74) is 5.35. The zero-order valence-electron chi connectivity index (χ0n) is 26.8. The molecule has 1 aromatic heterocycles. The largest absolute Gasteiger partial charge is 0.480 e. The fraction of sp³-hybridized carbons (Fsp3) is 0.526. The highest BCUT2D eigenvalue weighted by Crippen LogP contribution is 2.66. The van der Waals surface area contributed by atoms with Crippen molar-refractivity contribution in [3.8, 4) is 0 Å². The number of allylic oxidation sites excluding steroid dienone is 3. The van der Waals surface area contributed by atoms with Crippen LogP contribution in [0.1, 0.15) is 89.7 Å². The lowest BCUT2D eigenvalue weighted by molar-refractivity contribution is -0.154. The third-order valence-electron chi connectivity index (χ3n) is 11.8. The fourth-order valence-electron chi connectivity index (χ4n) is 9.22. The number of carboxylic acid groups (broad SMARTS) is 1. The Morgan fingerprint density at radius 3 is 2.49 bits per heavy atom. The Morgan fingerprint density at radius 2 is 1.76 bits per heavy atom. The van der Waals surface area contributed by atoms with Gasteiger partial charge in [0.15, 0.2) is 0 Å². The van der Waals surface area contributed by atoms with Gasteiger partial charge in [0.1, 0.15) is 12.1 Å². The van der Waals surface area contributed by atoms with Crippen molar-refractivity contribution in [2.24, 2.45) is 28.6 Å². The molecule has 2 saturated carbocycles. The Morgan fingerprint density at radius 1 is 0.978 bits per heavy atom. The van der Waals surface area contributed by atoms with Gasteiger partial charge in [-0.2, -0.15) is 0 Å². The molecule has 1 N–H and O–H groups in total. The molecular formula is C38H46N2O5. The fourth-order valence-corrected chi connectivity index (χ4v) is 9.22. The molecule has 7 heteroatoms. The van der Waals surface area contributed by atoms with Gasteiger partial charge in [-0.15, -0.1) is 0 Å². The molecule has 1 aromatic carbocycles. The molecule has 0 spiro atoms. The maximum Gasteiger partial charge on any atom is 0.326 e. The molecule has 1 amide bonds. The van der Waals surface area contributed by atoms with E-state index >= 15 is 0 Å². The second kappa shape index (κ2) is 12.6. The first-order valence-electron chi connectivity index (χ1n) is 16.7. The number of ether oxygens (including phenoxy) is 1. The predicted octanol–water partition coefficient (Wildman–Crippen LogP) is 7.23. The first-order valence-corrected chi connectivity index (χ1v) is 16.7. The lowest BCUT2D eigenvalue weighted by atomic mass is 9.47. The molecule has 6 rings (SSSR count). The summed E-state index contributed by atoms with van der Waals surface area (Å²) >= 11 is 0. The number of benzene rings is 1. The SMILES string of the molecule is CC(C(=O)O)N(Cc1ccccc1)C(=O)CCC(=O)O[C@H]1CC[C@@]2(C)C(=CC[C@H]3C4CC=C(c5cccnc5)[C@@]4(C)CC[C@@H]32)C1. The first-order chi connectivity index (χ1) is 21.6. The predicted molar refractivity (Wildman–Crippen MR) is 173 cm³/mol. The van der Waals surface area contributed by atoms with Crippen molar-refractivity contribution in [3.05, 3.63) is 83.7 Å². The number of hydrogen-bond acceptors (Lipinski definition) is 5. The molecule has 2 fully saturated rings. The van der Waals surface area contributed by atoms with E-state index < -0.39 is 12.0 Å². The van der Waals surface area contributed by atoms with Gasteiger partial charge in [-0.1, -0.05) is 68.0 Å². The highest BCUT2D eigenvalue weighted by molar-refractivity contribution is 5.85. The van der Waals surface area contributed by atoms with Crippen molar-refractivity contribution < 1.29 is 24.2 Å². The Kier molecular flexibility index (Phi) is 8.73. The molecule has 2 aromatic rings. The number of fused-ring (bicyclic) bond motifs is 5. The van der Waals surface area contributed by atoms with Gasteiger partial charge >= 0.3 is 11.9 Å². The zero-order chi connectivity index (χ0) is 31.8. The lowest BCUT2D eigenvalue weighted by Gasteiger charge is -2.57. The van der Waals surface area contributed by atoms with Crippen LogP contribution >= 0.6 is 0 Å². The van der Waals surface area contributed by atoms with Crippen molar-refractivity contribution in [2.45, 2.75) is 97.2 Å². The summed E-state index contributed by atoms with van der Waals surface area (Å²) in [6.45, 7) is 6.61. The molecule has 45 heavy (non-hydrogen) atoms. The van der Waals surface area contributed by atoms with Crippen LogP contribution < -0.4 is 0 Å². The minimum Gasteiger partial charge on any atom is -0.480 e. The van der Waals surface area contributed by atoms with E-state index in [1.54, 1.807) is 0 Å². The van der Waals surface area contributed by atoms with Crippen molar-refractivity contribution >= 4 is 23.4 Å². The number of carbonyl (C=O) groups excluding carboxylic acids is 2. The van der Waals surface area contributed by atoms with Gasteiger partial charge in [-0.05, 0) is 96.8 Å². The summed E-state index contributed by atoms with van der Waals surface area (Å²) in [5, 5.41) is 9.58. The Balaban J connectivity index is 1.06. The van der Waals surface area contributed by atoms with Crippen molar-refractivity contribution in [3.63, 3.8) is 0 Å². The number of hydrogen-bond donors (Lipinski definition) is 1. The number of carboxylic acids is 1. The van der Waals surface area contributed by atoms with Gasteiger partial charge in [-0.25, -0.2) is 4.79 Å². The topological polar surface area (TPSA) is 96.8 Å². The number of nitrogens with zero attached hydrogens (tertiary/aromatic N) is 2. The van der Waals surface area contributed by atoms with Gasteiger partial charge in [0.25, 0.3) is 0 Å². The van der Waals surface area contributed by atoms with Crippen LogP contribution in [0.4, 0.5) is 0 Å². The first kappa shape index (κ1) is 31.3. The summed E-state index contributed by atoms with van der Waals surface area (Å²) in [4.78, 5) is 43.5. The summed E-state index contributed by atoms with van der Waals surface area (Å²) in [5.74, 6) is 0.108. The third kappa shape index (κ3) is 5.98. The maximum absolute atomic E-state index is 13.1.